The Bertz CT molecular complexity index is 431. The molecule has 1 aromatic heterocycles. The van der Waals surface area contributed by atoms with E-state index in [4.69, 9.17) is 5.11 Å². The summed E-state index contributed by atoms with van der Waals surface area (Å²) in [5, 5.41) is 12.1. The summed E-state index contributed by atoms with van der Waals surface area (Å²) >= 11 is 3.41. The molecule has 1 heterocycles. The first kappa shape index (κ1) is 16.2. The molecule has 1 unspecified atom stereocenters. The zero-order valence-corrected chi connectivity index (χ0v) is 13.5. The first-order chi connectivity index (χ1) is 8.95. The number of aromatic nitrogens is 1. The predicted octanol–water partition coefficient (Wildman–Crippen LogP) is 2.94. The number of rotatable bonds is 7. The van der Waals surface area contributed by atoms with Crippen LogP contribution < -0.4 is 5.32 Å². The number of aryl methyl sites for hydroxylation is 1. The molecular weight excluding hydrogens is 308 g/mol. The van der Waals surface area contributed by atoms with Crippen molar-refractivity contribution in [3.8, 4) is 0 Å². The third-order valence-corrected chi connectivity index (χ3v) is 3.85. The lowest BCUT2D eigenvalue weighted by molar-refractivity contribution is 0.0876. The molecule has 0 spiro atoms. The van der Waals surface area contributed by atoms with Crippen molar-refractivity contribution in [3.05, 3.63) is 22.4 Å². The molecule has 0 radical (unpaired) electrons. The highest BCUT2D eigenvalue weighted by atomic mass is 79.9. The highest BCUT2D eigenvalue weighted by Gasteiger charge is 2.25. The van der Waals surface area contributed by atoms with Crippen molar-refractivity contribution >= 4 is 21.8 Å². The van der Waals surface area contributed by atoms with E-state index >= 15 is 0 Å². The fraction of sp³-hybridized carbons (Fsp3) is 0.643. The number of hydrogen-bond donors (Lipinski definition) is 2. The number of aliphatic hydroxyl groups excluding tert-OH is 1. The second-order valence-corrected chi connectivity index (χ2v) is 5.99. The summed E-state index contributed by atoms with van der Waals surface area (Å²) in [6, 6.07) is 1.83. The lowest BCUT2D eigenvalue weighted by Crippen LogP contribution is -2.46. The number of carbonyl (C=O) groups excluding carboxylic acids is 1. The SMILES string of the molecule is CCCn1cc(Br)cc1C(=O)NC(C)(CC)CCO. The van der Waals surface area contributed by atoms with Crippen LogP contribution in [0.25, 0.3) is 0 Å². The zero-order chi connectivity index (χ0) is 14.5. The third kappa shape index (κ3) is 4.35. The number of carbonyl (C=O) groups is 1. The van der Waals surface area contributed by atoms with Crippen LogP contribution >= 0.6 is 15.9 Å². The average Bonchev–Trinajstić information content (AvgIpc) is 2.71. The topological polar surface area (TPSA) is 54.3 Å². The van der Waals surface area contributed by atoms with Crippen LogP contribution in [0.15, 0.2) is 16.7 Å². The van der Waals surface area contributed by atoms with Crippen LogP contribution in [0.2, 0.25) is 0 Å². The Kier molecular flexibility index (Phi) is 6.07. The highest BCUT2D eigenvalue weighted by Crippen LogP contribution is 2.19. The van der Waals surface area contributed by atoms with Crippen molar-refractivity contribution < 1.29 is 9.90 Å². The maximum absolute atomic E-state index is 12.4. The molecule has 0 aliphatic rings. The van der Waals surface area contributed by atoms with Gasteiger partial charge in [0, 0.05) is 29.4 Å². The summed E-state index contributed by atoms with van der Waals surface area (Å²) < 4.78 is 2.86. The van der Waals surface area contributed by atoms with Crippen LogP contribution in [0.4, 0.5) is 0 Å². The van der Waals surface area contributed by atoms with Crippen LogP contribution in [0.5, 0.6) is 0 Å². The van der Waals surface area contributed by atoms with Crippen molar-refractivity contribution in [2.75, 3.05) is 6.61 Å². The molecule has 0 fully saturated rings. The Morgan fingerprint density at radius 1 is 1.53 bits per heavy atom. The summed E-state index contributed by atoms with van der Waals surface area (Å²) in [6.07, 6.45) is 4.25. The van der Waals surface area contributed by atoms with Crippen molar-refractivity contribution in [2.24, 2.45) is 0 Å². The molecule has 1 rings (SSSR count). The number of amides is 1. The quantitative estimate of drug-likeness (QED) is 0.807. The van der Waals surface area contributed by atoms with Crippen molar-refractivity contribution in [2.45, 2.75) is 52.1 Å². The Balaban J connectivity index is 2.88. The van der Waals surface area contributed by atoms with E-state index < -0.39 is 0 Å². The van der Waals surface area contributed by atoms with E-state index in [0.717, 1.165) is 23.9 Å². The predicted molar refractivity (Wildman–Crippen MR) is 80.3 cm³/mol. The summed E-state index contributed by atoms with van der Waals surface area (Å²) in [5.74, 6) is -0.0862. The van der Waals surface area contributed by atoms with Crippen molar-refractivity contribution in [1.82, 2.24) is 9.88 Å². The lowest BCUT2D eigenvalue weighted by atomic mass is 9.95. The maximum Gasteiger partial charge on any atom is 0.268 e. The lowest BCUT2D eigenvalue weighted by Gasteiger charge is -2.29. The zero-order valence-electron chi connectivity index (χ0n) is 11.9. The highest BCUT2D eigenvalue weighted by molar-refractivity contribution is 9.10. The van der Waals surface area contributed by atoms with E-state index in [1.54, 1.807) is 0 Å². The second kappa shape index (κ2) is 7.10. The van der Waals surface area contributed by atoms with Gasteiger partial charge in [-0.3, -0.25) is 4.79 Å². The maximum atomic E-state index is 12.4. The summed E-state index contributed by atoms with van der Waals surface area (Å²) in [5.41, 5.74) is 0.297. The molecule has 0 aromatic carbocycles. The molecule has 2 N–H and O–H groups in total. The van der Waals surface area contributed by atoms with Gasteiger partial charge in [0.1, 0.15) is 5.69 Å². The number of hydrogen-bond acceptors (Lipinski definition) is 2. The molecule has 0 saturated carbocycles. The van der Waals surface area contributed by atoms with Gasteiger partial charge in [-0.2, -0.15) is 0 Å². The van der Waals surface area contributed by atoms with E-state index in [2.05, 4.69) is 28.2 Å². The monoisotopic (exact) mass is 330 g/mol. The van der Waals surface area contributed by atoms with Crippen molar-refractivity contribution in [3.63, 3.8) is 0 Å². The molecule has 1 aromatic rings. The minimum absolute atomic E-state index is 0.0737. The van der Waals surface area contributed by atoms with Gasteiger partial charge >= 0.3 is 0 Å². The molecule has 4 nitrogen and oxygen atoms in total. The van der Waals surface area contributed by atoms with Crippen LogP contribution in [-0.2, 0) is 6.54 Å². The molecule has 1 amide bonds. The summed E-state index contributed by atoms with van der Waals surface area (Å²) in [7, 11) is 0. The fourth-order valence-electron chi connectivity index (χ4n) is 2.00. The third-order valence-electron chi connectivity index (χ3n) is 3.42. The van der Waals surface area contributed by atoms with Gasteiger partial charge in [-0.25, -0.2) is 0 Å². The Morgan fingerprint density at radius 2 is 2.21 bits per heavy atom. The number of nitrogens with one attached hydrogen (secondary N) is 1. The smallest absolute Gasteiger partial charge is 0.268 e. The first-order valence-corrected chi connectivity index (χ1v) is 7.54. The molecule has 5 heteroatoms. The molecule has 0 aliphatic carbocycles. The number of nitrogens with zero attached hydrogens (tertiary/aromatic N) is 1. The van der Waals surface area contributed by atoms with Gasteiger partial charge in [0.25, 0.3) is 5.91 Å². The molecule has 0 bridgehead atoms. The van der Waals surface area contributed by atoms with Crippen molar-refractivity contribution in [1.29, 1.82) is 0 Å². The summed E-state index contributed by atoms with van der Waals surface area (Å²) in [4.78, 5) is 12.4. The molecule has 0 saturated heterocycles. The van der Waals surface area contributed by atoms with Gasteiger partial charge in [0.2, 0.25) is 0 Å². The van der Waals surface area contributed by atoms with E-state index in [9.17, 15) is 4.79 Å². The van der Waals surface area contributed by atoms with Gasteiger partial charge in [0.05, 0.1) is 0 Å². The number of halogens is 1. The second-order valence-electron chi connectivity index (χ2n) is 5.08. The van der Waals surface area contributed by atoms with E-state index in [-0.39, 0.29) is 18.1 Å². The van der Waals surface area contributed by atoms with E-state index in [0.29, 0.717) is 12.1 Å². The first-order valence-electron chi connectivity index (χ1n) is 6.74. The minimum atomic E-state index is -0.361. The molecule has 1 atom stereocenters. The van der Waals surface area contributed by atoms with Gasteiger partial charge in [-0.05, 0) is 48.2 Å². The minimum Gasteiger partial charge on any atom is -0.396 e. The normalized spacial score (nSPS) is 14.2. The fourth-order valence-corrected chi connectivity index (χ4v) is 2.47. The Hall–Kier alpha value is -0.810. The molecule has 19 heavy (non-hydrogen) atoms. The van der Waals surface area contributed by atoms with Crippen LogP contribution in [0.3, 0.4) is 0 Å². The van der Waals surface area contributed by atoms with Crippen LogP contribution in [0.1, 0.15) is 50.5 Å². The van der Waals surface area contributed by atoms with E-state index in [1.165, 1.54) is 0 Å². The van der Waals surface area contributed by atoms with Gasteiger partial charge in [0.15, 0.2) is 0 Å². The van der Waals surface area contributed by atoms with Gasteiger partial charge in [-0.15, -0.1) is 0 Å². The molecule has 108 valence electrons. The van der Waals surface area contributed by atoms with Crippen LogP contribution in [-0.4, -0.2) is 27.7 Å². The van der Waals surface area contributed by atoms with Gasteiger partial charge < -0.3 is 15.0 Å². The largest absolute Gasteiger partial charge is 0.396 e. The molecule has 0 aliphatic heterocycles. The summed E-state index contributed by atoms with van der Waals surface area (Å²) in [6.45, 7) is 6.94. The average molecular weight is 331 g/mol. The van der Waals surface area contributed by atoms with E-state index in [1.807, 2.05) is 30.7 Å². The van der Waals surface area contributed by atoms with Gasteiger partial charge in [-0.1, -0.05) is 13.8 Å². The Morgan fingerprint density at radius 3 is 2.74 bits per heavy atom. The standard InChI is InChI=1S/C14H23BrN2O2/c1-4-7-17-10-11(15)9-12(17)13(19)16-14(3,5-2)6-8-18/h9-10,18H,4-8H2,1-3H3,(H,16,19). The van der Waals surface area contributed by atoms with Crippen LogP contribution in [0, 0.1) is 0 Å². The number of aliphatic hydroxyl groups is 1. The Labute approximate surface area is 123 Å². The molecular formula is C14H23BrN2O2.